The topological polar surface area (TPSA) is 62.5 Å². The second-order valence-corrected chi connectivity index (χ2v) is 13.9. The van der Waals surface area contributed by atoms with Crippen LogP contribution >= 0.6 is 0 Å². The molecule has 1 saturated carbocycles. The van der Waals surface area contributed by atoms with Gasteiger partial charge in [-0.3, -0.25) is 19.7 Å². The number of pyridine rings is 2. The molecule has 0 amide bonds. The van der Waals surface area contributed by atoms with Crippen molar-refractivity contribution in [1.29, 1.82) is 0 Å². The lowest BCUT2D eigenvalue weighted by Crippen LogP contribution is -2.40. The molecule has 46 heavy (non-hydrogen) atoms. The summed E-state index contributed by atoms with van der Waals surface area (Å²) in [6, 6.07) is 20.8. The number of hydrogen-bond acceptors (Lipinski definition) is 6. The number of benzene rings is 1. The Balaban J connectivity index is 1.08. The molecule has 1 aliphatic carbocycles. The van der Waals surface area contributed by atoms with E-state index in [4.69, 9.17) is 4.42 Å². The monoisotopic (exact) mass is 618 g/mol. The highest BCUT2D eigenvalue weighted by molar-refractivity contribution is 5.99. The van der Waals surface area contributed by atoms with Crippen LogP contribution in [0.3, 0.4) is 0 Å². The Hall–Kier alpha value is -3.61. The maximum absolute atomic E-state index is 13.7. The number of Topliss-reactive ketones (excluding diaryl/α,β-unsaturated/α-hetero) is 1. The van der Waals surface area contributed by atoms with Crippen LogP contribution in [-0.4, -0.2) is 51.7 Å². The largest absolute Gasteiger partial charge is 0.461 e. The van der Waals surface area contributed by atoms with E-state index in [0.717, 1.165) is 57.7 Å². The zero-order valence-electron chi connectivity index (χ0n) is 27.5. The summed E-state index contributed by atoms with van der Waals surface area (Å²) in [5.41, 5.74) is 5.38. The van der Waals surface area contributed by atoms with E-state index in [0.29, 0.717) is 17.1 Å². The van der Waals surface area contributed by atoms with Crippen molar-refractivity contribution in [2.45, 2.75) is 83.7 Å². The number of carbonyl (C=O) groups excluding carboxylic acids is 1. The van der Waals surface area contributed by atoms with Crippen LogP contribution in [0.1, 0.15) is 96.5 Å². The van der Waals surface area contributed by atoms with E-state index < -0.39 is 0 Å². The summed E-state index contributed by atoms with van der Waals surface area (Å²) < 4.78 is 5.59. The molecule has 1 aromatic carbocycles. The molecular weight excluding hydrogens is 568 g/mol. The Kier molecular flexibility index (Phi) is 11.1. The van der Waals surface area contributed by atoms with Gasteiger partial charge in [-0.25, -0.2) is 0 Å². The third-order valence-corrected chi connectivity index (χ3v) is 10.7. The number of furan rings is 1. The molecule has 3 aromatic heterocycles. The van der Waals surface area contributed by atoms with Crippen molar-refractivity contribution >= 4 is 5.78 Å². The van der Waals surface area contributed by atoms with E-state index >= 15 is 0 Å². The number of aryl methyl sites for hydroxylation is 1. The Morgan fingerprint density at radius 3 is 2.09 bits per heavy atom. The van der Waals surface area contributed by atoms with Crippen molar-refractivity contribution in [2.24, 2.45) is 11.3 Å². The molecule has 1 aliphatic heterocycles. The van der Waals surface area contributed by atoms with E-state index in [-0.39, 0.29) is 11.7 Å². The molecule has 2 aliphatic rings. The highest BCUT2D eigenvalue weighted by Crippen LogP contribution is 2.43. The SMILES string of the molecule is Cc1ccc(C(C(=O)c2ccco2)C2CCN(CCC3(CCN(Cc4ccncc4)Cc4ccncc4)CCCCC3)CC2)cc1. The molecule has 0 N–H and O–H groups in total. The molecule has 6 rings (SSSR count). The molecular formula is C40H50N4O2. The number of hydrogen-bond donors (Lipinski definition) is 0. The lowest BCUT2D eigenvalue weighted by molar-refractivity contribution is 0.0790. The van der Waals surface area contributed by atoms with Gasteiger partial charge in [0.1, 0.15) is 0 Å². The van der Waals surface area contributed by atoms with E-state index in [9.17, 15) is 4.79 Å². The predicted molar refractivity (Wildman–Crippen MR) is 183 cm³/mol. The molecule has 4 aromatic rings. The standard InChI is InChI=1S/C40H50N4O2/c1-32-7-9-35(10-8-32)38(39(45)37-6-5-29-46-37)36-15-25-43(26-16-36)27-19-40(17-3-2-4-18-40)20-28-44(30-33-11-21-41-22-12-33)31-34-13-23-42-24-14-34/h5-14,21-24,29,36,38H,2-4,15-20,25-28,30-31H2,1H3. The second-order valence-electron chi connectivity index (χ2n) is 13.9. The lowest BCUT2D eigenvalue weighted by Gasteiger charge is -2.42. The smallest absolute Gasteiger partial charge is 0.205 e. The number of ketones is 1. The van der Waals surface area contributed by atoms with Crippen LogP contribution in [0.4, 0.5) is 0 Å². The van der Waals surface area contributed by atoms with Crippen molar-refractivity contribution in [2.75, 3.05) is 26.2 Å². The van der Waals surface area contributed by atoms with Crippen LogP contribution in [0.2, 0.25) is 0 Å². The van der Waals surface area contributed by atoms with Gasteiger partial charge in [0.15, 0.2) is 5.76 Å². The van der Waals surface area contributed by atoms with Crippen molar-refractivity contribution in [3.8, 4) is 0 Å². The molecule has 2 fully saturated rings. The van der Waals surface area contributed by atoms with Crippen molar-refractivity contribution < 1.29 is 9.21 Å². The Bertz CT molecular complexity index is 1420. The van der Waals surface area contributed by atoms with Crippen LogP contribution in [0.25, 0.3) is 0 Å². The van der Waals surface area contributed by atoms with E-state index in [1.807, 2.05) is 36.9 Å². The summed E-state index contributed by atoms with van der Waals surface area (Å²) in [7, 11) is 0. The summed E-state index contributed by atoms with van der Waals surface area (Å²) in [6.07, 6.45) is 20.6. The Morgan fingerprint density at radius 2 is 1.50 bits per heavy atom. The van der Waals surface area contributed by atoms with Gasteiger partial charge in [0.25, 0.3) is 0 Å². The van der Waals surface area contributed by atoms with E-state index in [2.05, 4.69) is 75.2 Å². The van der Waals surface area contributed by atoms with Crippen molar-refractivity contribution in [3.05, 3.63) is 120 Å². The van der Waals surface area contributed by atoms with Gasteiger partial charge >= 0.3 is 0 Å². The first-order valence-corrected chi connectivity index (χ1v) is 17.4. The third kappa shape index (κ3) is 8.59. The van der Waals surface area contributed by atoms with Gasteiger partial charge in [0.05, 0.1) is 12.2 Å². The number of likely N-dealkylation sites (tertiary alicyclic amines) is 1. The first-order valence-electron chi connectivity index (χ1n) is 17.4. The summed E-state index contributed by atoms with van der Waals surface area (Å²) in [5, 5.41) is 0. The van der Waals surface area contributed by atoms with Gasteiger partial charge in [0.2, 0.25) is 5.78 Å². The zero-order valence-corrected chi connectivity index (χ0v) is 27.5. The normalized spacial score (nSPS) is 18.0. The first kappa shape index (κ1) is 32.3. The average Bonchev–Trinajstić information content (AvgIpc) is 3.65. The number of carbonyl (C=O) groups is 1. The van der Waals surface area contributed by atoms with Gasteiger partial charge in [-0.2, -0.15) is 0 Å². The maximum Gasteiger partial charge on any atom is 0.205 e. The molecule has 242 valence electrons. The summed E-state index contributed by atoms with van der Waals surface area (Å²) in [6.45, 7) is 8.35. The zero-order chi connectivity index (χ0) is 31.6. The summed E-state index contributed by atoms with van der Waals surface area (Å²) >= 11 is 0. The van der Waals surface area contributed by atoms with Gasteiger partial charge in [-0.05, 0) is 136 Å². The van der Waals surface area contributed by atoms with Crippen molar-refractivity contribution in [3.63, 3.8) is 0 Å². The van der Waals surface area contributed by atoms with Gasteiger partial charge < -0.3 is 9.32 Å². The van der Waals surface area contributed by atoms with Gasteiger partial charge in [-0.1, -0.05) is 49.1 Å². The summed E-state index contributed by atoms with van der Waals surface area (Å²) in [5.74, 6) is 0.784. The van der Waals surface area contributed by atoms with Gasteiger partial charge in [-0.15, -0.1) is 0 Å². The number of nitrogens with zero attached hydrogens (tertiary/aromatic N) is 4. The number of aromatic nitrogens is 2. The van der Waals surface area contributed by atoms with Crippen LogP contribution in [0.15, 0.2) is 96.1 Å². The molecule has 0 bridgehead atoms. The average molecular weight is 619 g/mol. The molecule has 1 unspecified atom stereocenters. The van der Waals surface area contributed by atoms with E-state index in [1.165, 1.54) is 61.6 Å². The fraction of sp³-hybridized carbons (Fsp3) is 0.475. The van der Waals surface area contributed by atoms with E-state index in [1.54, 1.807) is 6.26 Å². The molecule has 0 spiro atoms. The Morgan fingerprint density at radius 1 is 0.870 bits per heavy atom. The maximum atomic E-state index is 13.7. The minimum Gasteiger partial charge on any atom is -0.461 e. The minimum atomic E-state index is -0.148. The first-order chi connectivity index (χ1) is 22.6. The van der Waals surface area contributed by atoms with Crippen LogP contribution in [-0.2, 0) is 13.1 Å². The highest BCUT2D eigenvalue weighted by atomic mass is 16.3. The van der Waals surface area contributed by atoms with Crippen LogP contribution in [0, 0.1) is 18.3 Å². The second kappa shape index (κ2) is 15.8. The van der Waals surface area contributed by atoms with Crippen LogP contribution < -0.4 is 0 Å². The summed E-state index contributed by atoms with van der Waals surface area (Å²) in [4.78, 5) is 27.5. The lowest BCUT2D eigenvalue weighted by atomic mass is 9.69. The molecule has 1 saturated heterocycles. The molecule has 6 heteroatoms. The van der Waals surface area contributed by atoms with Crippen LogP contribution in [0.5, 0.6) is 0 Å². The molecule has 4 heterocycles. The number of piperidine rings is 1. The molecule has 0 radical (unpaired) electrons. The fourth-order valence-electron chi connectivity index (χ4n) is 7.92. The van der Waals surface area contributed by atoms with Gasteiger partial charge in [0, 0.05) is 37.9 Å². The number of rotatable bonds is 14. The highest BCUT2D eigenvalue weighted by Gasteiger charge is 2.36. The predicted octanol–water partition coefficient (Wildman–Crippen LogP) is 8.49. The third-order valence-electron chi connectivity index (χ3n) is 10.7. The minimum absolute atomic E-state index is 0.122. The fourth-order valence-corrected chi connectivity index (χ4v) is 7.92. The van der Waals surface area contributed by atoms with Crippen molar-refractivity contribution in [1.82, 2.24) is 19.8 Å². The quantitative estimate of drug-likeness (QED) is 0.132. The molecule has 1 atom stereocenters. The Labute approximate surface area is 275 Å². The molecule has 6 nitrogen and oxygen atoms in total.